The van der Waals surface area contributed by atoms with E-state index in [1.807, 2.05) is 83.4 Å². The average molecular weight is 431 g/mol. The lowest BCUT2D eigenvalue weighted by Gasteiger charge is -2.12. The maximum absolute atomic E-state index is 12.7. The number of ether oxygens (including phenoxy) is 1. The lowest BCUT2D eigenvalue weighted by molar-refractivity contribution is -0.116. The van der Waals surface area contributed by atoms with Crippen molar-refractivity contribution in [2.75, 3.05) is 12.4 Å². The Morgan fingerprint density at radius 3 is 2.45 bits per heavy atom. The highest BCUT2D eigenvalue weighted by molar-refractivity contribution is 7.71. The fraction of sp³-hybridized carbons (Fsp3) is 0.125. The van der Waals surface area contributed by atoms with E-state index in [0.29, 0.717) is 17.1 Å². The van der Waals surface area contributed by atoms with E-state index in [4.69, 9.17) is 17.0 Å². The molecule has 0 unspecified atom stereocenters. The first-order chi connectivity index (χ1) is 15.2. The summed E-state index contributed by atoms with van der Waals surface area (Å²) in [6.07, 6.45) is 0.264. The number of carbonyl (C=O) groups is 1. The van der Waals surface area contributed by atoms with E-state index in [9.17, 15) is 4.79 Å². The zero-order valence-electron chi connectivity index (χ0n) is 17.0. The Balaban J connectivity index is 1.48. The van der Waals surface area contributed by atoms with E-state index in [-0.39, 0.29) is 12.3 Å². The Hall–Kier alpha value is -3.71. The highest BCUT2D eigenvalue weighted by atomic mass is 32.1. The molecule has 156 valence electrons. The number of rotatable bonds is 7. The van der Waals surface area contributed by atoms with Gasteiger partial charge in [0.25, 0.3) is 0 Å². The van der Waals surface area contributed by atoms with Crippen LogP contribution in [0.1, 0.15) is 6.42 Å². The van der Waals surface area contributed by atoms with Crippen LogP contribution in [0.4, 0.5) is 5.69 Å². The van der Waals surface area contributed by atoms with Crippen LogP contribution in [0.5, 0.6) is 5.75 Å². The van der Waals surface area contributed by atoms with Crippen molar-refractivity contribution < 1.29 is 9.53 Å². The van der Waals surface area contributed by atoms with Crippen molar-refractivity contribution in [1.82, 2.24) is 14.8 Å². The van der Waals surface area contributed by atoms with E-state index < -0.39 is 0 Å². The maximum Gasteiger partial charge on any atom is 0.226 e. The van der Waals surface area contributed by atoms with Crippen molar-refractivity contribution in [1.29, 1.82) is 0 Å². The SMILES string of the molecule is COc1ccc(-c2n[nH]c(=S)n2CCC(=O)Nc2ccccc2-c2ccccc2)cc1. The van der Waals surface area contributed by atoms with Crippen LogP contribution in [0.2, 0.25) is 0 Å². The zero-order valence-corrected chi connectivity index (χ0v) is 17.9. The fourth-order valence-electron chi connectivity index (χ4n) is 3.37. The fourth-order valence-corrected chi connectivity index (χ4v) is 3.60. The molecular formula is C24H22N4O2S. The molecule has 0 atom stereocenters. The van der Waals surface area contributed by atoms with Gasteiger partial charge in [-0.15, -0.1) is 0 Å². The van der Waals surface area contributed by atoms with Crippen LogP contribution in [0, 0.1) is 4.77 Å². The maximum atomic E-state index is 12.7. The van der Waals surface area contributed by atoms with Crippen molar-refractivity contribution in [2.45, 2.75) is 13.0 Å². The topological polar surface area (TPSA) is 71.9 Å². The number of hydrogen-bond donors (Lipinski definition) is 2. The Bertz CT molecular complexity index is 1230. The Morgan fingerprint density at radius 2 is 1.71 bits per heavy atom. The molecule has 0 aliphatic heterocycles. The van der Waals surface area contributed by atoms with Gasteiger partial charge in [-0.05, 0) is 48.1 Å². The summed E-state index contributed by atoms with van der Waals surface area (Å²) >= 11 is 5.38. The Morgan fingerprint density at radius 1 is 1.00 bits per heavy atom. The molecule has 0 saturated heterocycles. The van der Waals surface area contributed by atoms with Gasteiger partial charge in [0, 0.05) is 29.8 Å². The van der Waals surface area contributed by atoms with Crippen LogP contribution in [0.25, 0.3) is 22.5 Å². The van der Waals surface area contributed by atoms with Crippen molar-refractivity contribution in [3.63, 3.8) is 0 Å². The number of para-hydroxylation sites is 1. The third-order valence-electron chi connectivity index (χ3n) is 4.95. The van der Waals surface area contributed by atoms with E-state index >= 15 is 0 Å². The monoisotopic (exact) mass is 430 g/mol. The highest BCUT2D eigenvalue weighted by Crippen LogP contribution is 2.28. The van der Waals surface area contributed by atoms with Crippen molar-refractivity contribution in [2.24, 2.45) is 0 Å². The third-order valence-corrected chi connectivity index (χ3v) is 5.27. The number of nitrogens with one attached hydrogen (secondary N) is 2. The summed E-state index contributed by atoms with van der Waals surface area (Å²) < 4.78 is 7.52. The van der Waals surface area contributed by atoms with E-state index in [1.165, 1.54) is 0 Å². The van der Waals surface area contributed by atoms with E-state index in [1.54, 1.807) is 7.11 Å². The molecule has 1 aromatic heterocycles. The Kier molecular flexibility index (Phi) is 6.24. The molecule has 0 aliphatic carbocycles. The Labute approximate surface area is 185 Å². The largest absolute Gasteiger partial charge is 0.497 e. The summed E-state index contributed by atoms with van der Waals surface area (Å²) in [4.78, 5) is 12.7. The molecule has 31 heavy (non-hydrogen) atoms. The minimum absolute atomic E-state index is 0.0906. The lowest BCUT2D eigenvalue weighted by atomic mass is 10.0. The summed E-state index contributed by atoms with van der Waals surface area (Å²) in [6, 6.07) is 25.3. The van der Waals surface area contributed by atoms with Gasteiger partial charge >= 0.3 is 0 Å². The average Bonchev–Trinajstić information content (AvgIpc) is 3.19. The molecule has 1 amide bonds. The van der Waals surface area contributed by atoms with Crippen LogP contribution < -0.4 is 10.1 Å². The van der Waals surface area contributed by atoms with Crippen LogP contribution in [-0.2, 0) is 11.3 Å². The van der Waals surface area contributed by atoms with Gasteiger partial charge in [-0.3, -0.25) is 14.5 Å². The van der Waals surface area contributed by atoms with Crippen molar-refractivity contribution in [3.8, 4) is 28.3 Å². The van der Waals surface area contributed by atoms with Gasteiger partial charge in [-0.2, -0.15) is 5.10 Å². The molecule has 0 bridgehead atoms. The van der Waals surface area contributed by atoms with Gasteiger partial charge in [0.1, 0.15) is 5.75 Å². The number of hydrogen-bond acceptors (Lipinski definition) is 4. The molecule has 6 nitrogen and oxygen atoms in total. The smallest absolute Gasteiger partial charge is 0.226 e. The van der Waals surface area contributed by atoms with Crippen LogP contribution in [0.3, 0.4) is 0 Å². The van der Waals surface area contributed by atoms with Crippen molar-refractivity contribution in [3.05, 3.63) is 83.6 Å². The standard InChI is InChI=1S/C24H22N4O2S/c1-30-19-13-11-18(12-14-19)23-26-27-24(31)28(23)16-15-22(29)25-21-10-6-5-9-20(21)17-7-3-2-4-8-17/h2-14H,15-16H2,1H3,(H,25,29)(H,27,31). The first-order valence-corrected chi connectivity index (χ1v) is 10.3. The minimum Gasteiger partial charge on any atom is -0.497 e. The molecule has 3 aromatic carbocycles. The quantitative estimate of drug-likeness (QED) is 0.390. The molecule has 7 heteroatoms. The molecule has 2 N–H and O–H groups in total. The molecule has 4 aromatic rings. The predicted octanol–water partition coefficient (Wildman–Crippen LogP) is 5.31. The second-order valence-corrected chi connectivity index (χ2v) is 7.33. The number of benzene rings is 3. The summed E-state index contributed by atoms with van der Waals surface area (Å²) in [5.74, 6) is 1.36. The first-order valence-electron chi connectivity index (χ1n) is 9.89. The van der Waals surface area contributed by atoms with Crippen LogP contribution >= 0.6 is 12.2 Å². The van der Waals surface area contributed by atoms with E-state index in [0.717, 1.165) is 28.1 Å². The normalized spacial score (nSPS) is 10.6. The number of H-pyrrole nitrogens is 1. The number of amides is 1. The summed E-state index contributed by atoms with van der Waals surface area (Å²) in [6.45, 7) is 0.413. The lowest BCUT2D eigenvalue weighted by Crippen LogP contribution is -2.15. The second kappa shape index (κ2) is 9.40. The molecule has 0 aliphatic rings. The van der Waals surface area contributed by atoms with Gasteiger partial charge in [0.05, 0.1) is 7.11 Å². The second-order valence-electron chi connectivity index (χ2n) is 6.94. The molecule has 0 spiro atoms. The predicted molar refractivity (Wildman–Crippen MR) is 125 cm³/mol. The molecule has 4 rings (SSSR count). The highest BCUT2D eigenvalue weighted by Gasteiger charge is 2.12. The number of aromatic nitrogens is 3. The molecular weight excluding hydrogens is 408 g/mol. The van der Waals surface area contributed by atoms with Gasteiger partial charge < -0.3 is 10.1 Å². The van der Waals surface area contributed by atoms with Crippen LogP contribution in [0.15, 0.2) is 78.9 Å². The van der Waals surface area contributed by atoms with Crippen molar-refractivity contribution >= 4 is 23.8 Å². The summed E-state index contributed by atoms with van der Waals surface area (Å²) in [7, 11) is 1.62. The number of carbonyl (C=O) groups excluding carboxylic acids is 1. The van der Waals surface area contributed by atoms with Gasteiger partial charge in [0.15, 0.2) is 10.6 Å². The molecule has 0 radical (unpaired) electrons. The number of methoxy groups -OCH3 is 1. The minimum atomic E-state index is -0.0906. The number of nitrogens with zero attached hydrogens (tertiary/aromatic N) is 2. The number of anilines is 1. The third kappa shape index (κ3) is 4.73. The zero-order chi connectivity index (χ0) is 21.6. The number of aromatic amines is 1. The van der Waals surface area contributed by atoms with Crippen LogP contribution in [-0.4, -0.2) is 27.8 Å². The molecule has 0 saturated carbocycles. The summed E-state index contributed by atoms with van der Waals surface area (Å²) in [5, 5.41) is 10.2. The van der Waals surface area contributed by atoms with Gasteiger partial charge in [0.2, 0.25) is 5.91 Å². The first kappa shape index (κ1) is 20.6. The van der Waals surface area contributed by atoms with Gasteiger partial charge in [-0.25, -0.2) is 0 Å². The molecule has 1 heterocycles. The van der Waals surface area contributed by atoms with E-state index in [2.05, 4.69) is 15.5 Å². The summed E-state index contributed by atoms with van der Waals surface area (Å²) in [5.41, 5.74) is 3.71. The molecule has 0 fully saturated rings. The van der Waals surface area contributed by atoms with Gasteiger partial charge in [-0.1, -0.05) is 48.5 Å².